The Hall–Kier alpha value is -2.78. The van der Waals surface area contributed by atoms with E-state index in [4.69, 9.17) is 0 Å². The molecule has 3 rings (SSSR count). The van der Waals surface area contributed by atoms with E-state index >= 15 is 0 Å². The molecular formula is C18H15BrN4O3S. The minimum Gasteiger partial charge on any atom is -0.326 e. The Kier molecular flexibility index (Phi) is 5.82. The van der Waals surface area contributed by atoms with Crippen LogP contribution >= 0.6 is 15.9 Å². The molecule has 2 aromatic carbocycles. The molecule has 0 radical (unpaired) electrons. The third-order valence-electron chi connectivity index (χ3n) is 3.49. The van der Waals surface area contributed by atoms with Gasteiger partial charge in [0.1, 0.15) is 0 Å². The predicted octanol–water partition coefficient (Wildman–Crippen LogP) is 3.22. The maximum atomic E-state index is 12.3. The third-order valence-corrected chi connectivity index (χ3v) is 5.33. The molecule has 0 saturated carbocycles. The molecule has 0 unspecified atom stereocenters. The van der Waals surface area contributed by atoms with Gasteiger partial charge in [0.25, 0.3) is 10.0 Å². The molecule has 0 bridgehead atoms. The molecule has 0 aliphatic heterocycles. The first-order chi connectivity index (χ1) is 12.9. The smallest absolute Gasteiger partial charge is 0.264 e. The van der Waals surface area contributed by atoms with Crippen molar-refractivity contribution in [1.82, 2.24) is 9.97 Å². The van der Waals surface area contributed by atoms with Crippen molar-refractivity contribution >= 4 is 43.5 Å². The van der Waals surface area contributed by atoms with Gasteiger partial charge in [0.15, 0.2) is 0 Å². The zero-order valence-electron chi connectivity index (χ0n) is 14.0. The van der Waals surface area contributed by atoms with Crippen LogP contribution in [-0.4, -0.2) is 24.3 Å². The highest BCUT2D eigenvalue weighted by Gasteiger charge is 2.15. The van der Waals surface area contributed by atoms with Crippen molar-refractivity contribution in [2.75, 3.05) is 10.0 Å². The predicted molar refractivity (Wildman–Crippen MR) is 106 cm³/mol. The van der Waals surface area contributed by atoms with Crippen LogP contribution in [0, 0.1) is 0 Å². The molecule has 1 heterocycles. The van der Waals surface area contributed by atoms with E-state index in [1.807, 2.05) is 24.3 Å². The largest absolute Gasteiger partial charge is 0.326 e. The van der Waals surface area contributed by atoms with Crippen molar-refractivity contribution in [1.29, 1.82) is 0 Å². The highest BCUT2D eigenvalue weighted by Crippen LogP contribution is 2.17. The lowest BCUT2D eigenvalue weighted by Crippen LogP contribution is -2.16. The summed E-state index contributed by atoms with van der Waals surface area (Å²) in [7, 11) is -3.80. The fraction of sp³-hybridized carbons (Fsp3) is 0.0556. The Morgan fingerprint density at radius 3 is 2.37 bits per heavy atom. The summed E-state index contributed by atoms with van der Waals surface area (Å²) in [4.78, 5) is 19.8. The van der Waals surface area contributed by atoms with Crippen molar-refractivity contribution < 1.29 is 13.2 Å². The van der Waals surface area contributed by atoms with Crippen molar-refractivity contribution in [2.24, 2.45) is 0 Å². The van der Waals surface area contributed by atoms with Crippen molar-refractivity contribution in [3.05, 3.63) is 77.0 Å². The average molecular weight is 447 g/mol. The summed E-state index contributed by atoms with van der Waals surface area (Å²) in [5, 5.41) is 2.74. The Morgan fingerprint density at radius 2 is 1.70 bits per heavy atom. The summed E-state index contributed by atoms with van der Waals surface area (Å²) in [5.74, 6) is -0.205. The molecule has 1 aromatic heterocycles. The van der Waals surface area contributed by atoms with E-state index in [1.54, 1.807) is 6.07 Å². The first-order valence-corrected chi connectivity index (χ1v) is 10.1. The van der Waals surface area contributed by atoms with Crippen LogP contribution in [0.3, 0.4) is 0 Å². The quantitative estimate of drug-likeness (QED) is 0.605. The SMILES string of the molecule is O=C(Cc1cccc(Br)c1)Nc1ccc(S(=O)(=O)Nc2ncccn2)cc1. The van der Waals surface area contributed by atoms with Gasteiger partial charge in [0.05, 0.1) is 11.3 Å². The van der Waals surface area contributed by atoms with E-state index in [2.05, 4.69) is 35.9 Å². The number of nitrogens with zero attached hydrogens (tertiary/aromatic N) is 2. The molecule has 0 aliphatic carbocycles. The lowest BCUT2D eigenvalue weighted by atomic mass is 10.1. The normalized spacial score (nSPS) is 11.0. The number of hydrogen-bond acceptors (Lipinski definition) is 5. The van der Waals surface area contributed by atoms with Crippen molar-refractivity contribution in [2.45, 2.75) is 11.3 Å². The van der Waals surface area contributed by atoms with Gasteiger partial charge in [-0.2, -0.15) is 0 Å². The number of rotatable bonds is 6. The van der Waals surface area contributed by atoms with E-state index < -0.39 is 10.0 Å². The summed E-state index contributed by atoms with van der Waals surface area (Å²) in [5.41, 5.74) is 1.37. The molecule has 7 nitrogen and oxygen atoms in total. The second-order valence-corrected chi connectivity index (χ2v) is 8.16. The average Bonchev–Trinajstić information content (AvgIpc) is 2.62. The summed E-state index contributed by atoms with van der Waals surface area (Å²) >= 11 is 3.37. The van der Waals surface area contributed by atoms with Gasteiger partial charge in [-0.3, -0.25) is 4.79 Å². The number of hydrogen-bond donors (Lipinski definition) is 2. The van der Waals surface area contributed by atoms with Crippen LogP contribution in [0.2, 0.25) is 0 Å². The van der Waals surface area contributed by atoms with Gasteiger partial charge in [0, 0.05) is 22.6 Å². The highest BCUT2D eigenvalue weighted by molar-refractivity contribution is 9.10. The lowest BCUT2D eigenvalue weighted by molar-refractivity contribution is -0.115. The minimum atomic E-state index is -3.80. The van der Waals surface area contributed by atoms with Crippen LogP contribution in [0.4, 0.5) is 11.6 Å². The Balaban J connectivity index is 1.65. The molecule has 9 heteroatoms. The van der Waals surface area contributed by atoms with E-state index in [9.17, 15) is 13.2 Å². The van der Waals surface area contributed by atoms with Crippen LogP contribution < -0.4 is 10.0 Å². The number of anilines is 2. The van der Waals surface area contributed by atoms with E-state index in [0.717, 1.165) is 10.0 Å². The van der Waals surface area contributed by atoms with Crippen LogP contribution in [0.15, 0.2) is 76.4 Å². The van der Waals surface area contributed by atoms with Crippen LogP contribution in [0.25, 0.3) is 0 Å². The third kappa shape index (κ3) is 5.35. The molecular weight excluding hydrogens is 432 g/mol. The fourth-order valence-electron chi connectivity index (χ4n) is 2.29. The molecule has 1 amide bonds. The summed E-state index contributed by atoms with van der Waals surface area (Å²) in [6.45, 7) is 0. The molecule has 0 atom stereocenters. The maximum Gasteiger partial charge on any atom is 0.264 e. The topological polar surface area (TPSA) is 101 Å². The van der Waals surface area contributed by atoms with Crippen LogP contribution in [-0.2, 0) is 21.2 Å². The van der Waals surface area contributed by atoms with Crippen LogP contribution in [0.1, 0.15) is 5.56 Å². The van der Waals surface area contributed by atoms with Crippen molar-refractivity contribution in [3.8, 4) is 0 Å². The molecule has 0 aliphatic rings. The van der Waals surface area contributed by atoms with E-state index in [-0.39, 0.29) is 23.2 Å². The van der Waals surface area contributed by atoms with E-state index in [1.165, 1.54) is 36.7 Å². The summed E-state index contributed by atoms with van der Waals surface area (Å²) < 4.78 is 27.8. The van der Waals surface area contributed by atoms with E-state index in [0.29, 0.717) is 5.69 Å². The zero-order valence-corrected chi connectivity index (χ0v) is 16.4. The van der Waals surface area contributed by atoms with Gasteiger partial charge in [-0.05, 0) is 48.0 Å². The minimum absolute atomic E-state index is 0.0103. The number of sulfonamides is 1. The summed E-state index contributed by atoms with van der Waals surface area (Å²) in [6, 6.07) is 14.9. The highest BCUT2D eigenvalue weighted by atomic mass is 79.9. The number of amides is 1. The lowest BCUT2D eigenvalue weighted by Gasteiger charge is -2.08. The number of halogens is 1. The monoisotopic (exact) mass is 446 g/mol. The van der Waals surface area contributed by atoms with Gasteiger partial charge in [-0.25, -0.2) is 23.1 Å². The summed E-state index contributed by atoms with van der Waals surface area (Å²) in [6.07, 6.45) is 3.09. The fourth-order valence-corrected chi connectivity index (χ4v) is 3.69. The Morgan fingerprint density at radius 1 is 1.00 bits per heavy atom. The first kappa shape index (κ1) is 19.0. The van der Waals surface area contributed by atoms with Gasteiger partial charge in [-0.15, -0.1) is 0 Å². The molecule has 138 valence electrons. The number of carbonyl (C=O) groups is 1. The van der Waals surface area contributed by atoms with Gasteiger partial charge in [0.2, 0.25) is 11.9 Å². The Bertz CT molecular complexity index is 1040. The van der Waals surface area contributed by atoms with Crippen LogP contribution in [0.5, 0.6) is 0 Å². The zero-order chi connectivity index (χ0) is 19.3. The van der Waals surface area contributed by atoms with Crippen molar-refractivity contribution in [3.63, 3.8) is 0 Å². The number of nitrogens with one attached hydrogen (secondary N) is 2. The maximum absolute atomic E-state index is 12.3. The molecule has 2 N–H and O–H groups in total. The van der Waals surface area contributed by atoms with Gasteiger partial charge < -0.3 is 5.32 Å². The van der Waals surface area contributed by atoms with Gasteiger partial charge >= 0.3 is 0 Å². The number of aromatic nitrogens is 2. The first-order valence-electron chi connectivity index (χ1n) is 7.86. The van der Waals surface area contributed by atoms with Gasteiger partial charge in [-0.1, -0.05) is 28.1 Å². The standard InChI is InChI=1S/C18H15BrN4O3S/c19-14-4-1-3-13(11-14)12-17(24)22-15-5-7-16(8-6-15)27(25,26)23-18-20-9-2-10-21-18/h1-11H,12H2,(H,22,24)(H,20,21,23). The molecule has 0 spiro atoms. The molecule has 27 heavy (non-hydrogen) atoms. The Labute approximate surface area is 165 Å². The molecule has 0 fully saturated rings. The molecule has 0 saturated heterocycles. The number of carbonyl (C=O) groups excluding carboxylic acids is 1. The number of benzene rings is 2. The molecule has 3 aromatic rings. The second kappa shape index (κ2) is 8.28. The second-order valence-electron chi connectivity index (χ2n) is 5.56.